The van der Waals surface area contributed by atoms with E-state index in [4.69, 9.17) is 0 Å². The molecule has 0 aromatic carbocycles. The van der Waals surface area contributed by atoms with E-state index in [9.17, 15) is 0 Å². The van der Waals surface area contributed by atoms with E-state index < -0.39 is 0 Å². The maximum absolute atomic E-state index is 2.43. The summed E-state index contributed by atoms with van der Waals surface area (Å²) in [6.07, 6.45) is 0. The molecule has 0 amide bonds. The van der Waals surface area contributed by atoms with Crippen molar-refractivity contribution < 1.29 is 0 Å². The summed E-state index contributed by atoms with van der Waals surface area (Å²) in [5.41, 5.74) is 0. The van der Waals surface area contributed by atoms with Crippen LogP contribution in [0.2, 0.25) is 6.55 Å². The maximum atomic E-state index is 2.43. The van der Waals surface area contributed by atoms with Gasteiger partial charge in [-0.3, -0.25) is 0 Å². The van der Waals surface area contributed by atoms with Gasteiger partial charge in [0.25, 0.3) is 0 Å². The van der Waals surface area contributed by atoms with Gasteiger partial charge in [0.1, 0.15) is 0 Å². The monoisotopic (exact) mass is 184 g/mol. The van der Waals surface area contributed by atoms with E-state index in [1.165, 1.54) is 0 Å². The number of rotatable bonds is 0. The number of hydrogen-bond acceptors (Lipinski definition) is 0. The molecule has 0 radical (unpaired) electrons. The van der Waals surface area contributed by atoms with Crippen LogP contribution in [0.5, 0.6) is 0 Å². The summed E-state index contributed by atoms with van der Waals surface area (Å²) in [5.74, 6) is 0. The molecule has 0 fully saturated rings. The molecule has 34 valence electrons. The van der Waals surface area contributed by atoms with Gasteiger partial charge in [-0.15, -0.1) is 0 Å². The van der Waals surface area contributed by atoms with Gasteiger partial charge in [0.15, 0.2) is 0 Å². The fourth-order valence-electron chi connectivity index (χ4n) is 0. The summed E-state index contributed by atoms with van der Waals surface area (Å²) in [6, 6.07) is 0. The van der Waals surface area contributed by atoms with Gasteiger partial charge in [-0.25, -0.2) is 0 Å². The van der Waals surface area contributed by atoms with Crippen molar-refractivity contribution in [3.05, 3.63) is 0 Å². The third kappa shape index (κ3) is 37.2. The third-order valence-corrected chi connectivity index (χ3v) is 0. The van der Waals surface area contributed by atoms with Crippen LogP contribution in [-0.2, 0) is 0 Å². The fourth-order valence-corrected chi connectivity index (χ4v) is 0. The van der Waals surface area contributed by atoms with Gasteiger partial charge in [0.05, 0.1) is 0 Å². The van der Waals surface area contributed by atoms with Gasteiger partial charge in [-0.2, -0.15) is 0 Å². The average Bonchev–Trinajstić information content (AvgIpc) is 0.811. The second kappa shape index (κ2) is 5.19. The normalized spacial score (nSPS) is 13.8. The predicted molar refractivity (Wildman–Crippen MR) is 44.2 cm³/mol. The van der Waals surface area contributed by atoms with Gasteiger partial charge in [-0.05, 0) is 19.5 Å². The summed E-state index contributed by atoms with van der Waals surface area (Å²) in [4.78, 5) is 0. The Bertz CT molecular complexity index is 11.6. The molecule has 0 bridgehead atoms. The van der Waals surface area contributed by atoms with Crippen LogP contribution in [-0.4, -0.2) is 44.9 Å². The first kappa shape index (κ1) is 9.50. The Morgan fingerprint density at radius 2 is 1.40 bits per heavy atom. The molecule has 0 aliphatic carbocycles. The van der Waals surface area contributed by atoms with Crippen LogP contribution in [0.4, 0.5) is 0 Å². The molecule has 0 saturated carbocycles. The van der Waals surface area contributed by atoms with E-state index >= 15 is 0 Å². The van der Waals surface area contributed by atoms with E-state index in [1.54, 1.807) is 19.5 Å². The van der Waals surface area contributed by atoms with Crippen molar-refractivity contribution in [2.75, 3.05) is 0 Å². The Hall–Kier alpha value is 1.19. The molecule has 0 unspecified atom stereocenters. The van der Waals surface area contributed by atoms with Crippen LogP contribution >= 0.6 is 0 Å². The van der Waals surface area contributed by atoms with Gasteiger partial charge >= 0.3 is 17.6 Å². The van der Waals surface area contributed by atoms with E-state index in [0.717, 1.165) is 0 Å². The van der Waals surface area contributed by atoms with Crippen molar-refractivity contribution in [1.29, 1.82) is 0 Å². The Morgan fingerprint density at radius 3 is 1.40 bits per heavy atom. The molecule has 0 aliphatic rings. The molecular formula is CH14GeSi3. The summed E-state index contributed by atoms with van der Waals surface area (Å²) >= 11 is 0. The fraction of sp³-hybridized carbons (Fsp3) is 1.00. The molecule has 0 atom stereocenters. The summed E-state index contributed by atoms with van der Waals surface area (Å²) in [5, 5.41) is 0. The summed E-state index contributed by atoms with van der Waals surface area (Å²) in [6.45, 7) is 2.43. The van der Waals surface area contributed by atoms with Crippen LogP contribution in [0.25, 0.3) is 0 Å². The van der Waals surface area contributed by atoms with Crippen molar-refractivity contribution in [3.63, 3.8) is 0 Å². The predicted octanol–water partition coefficient (Wildman–Crippen LogP) is -3.88. The summed E-state index contributed by atoms with van der Waals surface area (Å²) in [7, 11) is 3.24. The molecule has 0 aliphatic heterocycles. The minimum absolute atomic E-state index is 0. The zero-order chi connectivity index (χ0) is 3.58. The Morgan fingerprint density at radius 1 is 1.40 bits per heavy atom. The summed E-state index contributed by atoms with van der Waals surface area (Å²) < 4.78 is 0. The molecule has 0 saturated heterocycles. The van der Waals surface area contributed by atoms with E-state index in [2.05, 4.69) is 6.55 Å². The molecule has 4 heteroatoms. The first-order valence-corrected chi connectivity index (χ1v) is 12.1. The number of hydrogen-bond donors (Lipinski definition) is 0. The standard InChI is InChI=1S/CH10Si3.GeH4/c1-4(2)3;/h4H,1-3H3;1H4. The van der Waals surface area contributed by atoms with E-state index in [1.807, 2.05) is 0 Å². The molecule has 0 aromatic rings. The van der Waals surface area contributed by atoms with E-state index in [-0.39, 0.29) is 25.4 Å². The zero-order valence-corrected chi connectivity index (χ0v) is 8.73. The third-order valence-electron chi connectivity index (χ3n) is 0. The van der Waals surface area contributed by atoms with Gasteiger partial charge < -0.3 is 0 Å². The molecule has 0 spiro atoms. The average molecular weight is 183 g/mol. The molecule has 0 N–H and O–H groups in total. The van der Waals surface area contributed by atoms with Crippen LogP contribution in [0, 0.1) is 0 Å². The SMILES string of the molecule is C[SiH]([SiH3])[SiH3].[GeH4]. The Balaban J connectivity index is 0. The molecule has 0 nitrogen and oxygen atoms in total. The van der Waals surface area contributed by atoms with Crippen molar-refractivity contribution in [3.8, 4) is 0 Å². The topological polar surface area (TPSA) is 0 Å². The quantitative estimate of drug-likeness (QED) is 0.337. The van der Waals surface area contributed by atoms with E-state index in [0.29, 0.717) is 0 Å². The van der Waals surface area contributed by atoms with Crippen LogP contribution in [0.3, 0.4) is 0 Å². The van der Waals surface area contributed by atoms with Gasteiger partial charge in [-0.1, -0.05) is 6.55 Å². The van der Waals surface area contributed by atoms with Crippen molar-refractivity contribution in [1.82, 2.24) is 0 Å². The van der Waals surface area contributed by atoms with Crippen molar-refractivity contribution in [2.45, 2.75) is 6.55 Å². The molecule has 0 heterocycles. The molecule has 5 heavy (non-hydrogen) atoms. The van der Waals surface area contributed by atoms with Gasteiger partial charge in [0.2, 0.25) is 0 Å². The second-order valence-corrected chi connectivity index (χ2v) is 26.0. The minimum atomic E-state index is 0. The van der Waals surface area contributed by atoms with Crippen LogP contribution in [0.1, 0.15) is 0 Å². The van der Waals surface area contributed by atoms with Gasteiger partial charge in [0, 0.05) is 7.83 Å². The van der Waals surface area contributed by atoms with Crippen molar-refractivity contribution >= 4 is 44.9 Å². The van der Waals surface area contributed by atoms with Crippen LogP contribution < -0.4 is 0 Å². The second-order valence-electron chi connectivity index (χ2n) is 1.73. The first-order valence-electron chi connectivity index (χ1n) is 1.73. The zero-order valence-electron chi connectivity index (χ0n) is 3.58. The van der Waals surface area contributed by atoms with Crippen molar-refractivity contribution in [2.24, 2.45) is 0 Å². The Kier molecular flexibility index (Phi) is 9.87. The van der Waals surface area contributed by atoms with Crippen LogP contribution in [0.15, 0.2) is 0 Å². The molecule has 0 rings (SSSR count). The first-order chi connectivity index (χ1) is 1.73. The molecular weight excluding hydrogens is 169 g/mol. The Labute approximate surface area is 51.7 Å². The molecule has 0 aromatic heterocycles.